The predicted octanol–water partition coefficient (Wildman–Crippen LogP) is 6.37. The molecule has 0 aliphatic heterocycles. The second kappa shape index (κ2) is 8.74. The van der Waals surface area contributed by atoms with Gasteiger partial charge in [-0.25, -0.2) is 4.98 Å². The van der Waals surface area contributed by atoms with E-state index < -0.39 is 0 Å². The molecule has 0 radical (unpaired) electrons. The minimum atomic E-state index is -0.240. The van der Waals surface area contributed by atoms with E-state index in [-0.39, 0.29) is 11.4 Å². The summed E-state index contributed by atoms with van der Waals surface area (Å²) >= 11 is 1.55. The Bertz CT molecular complexity index is 931. The molecule has 1 heterocycles. The van der Waals surface area contributed by atoms with Crippen LogP contribution in [0, 0.1) is 13.8 Å². The van der Waals surface area contributed by atoms with Crippen LogP contribution in [-0.4, -0.2) is 22.6 Å². The lowest BCUT2D eigenvalue weighted by Crippen LogP contribution is -2.24. The maximum atomic E-state index is 12.9. The number of ether oxygens (including phenoxy) is 1. The summed E-state index contributed by atoms with van der Waals surface area (Å²) in [5, 5.41) is 0.835. The molecule has 0 N–H and O–H groups in total. The van der Waals surface area contributed by atoms with Crippen molar-refractivity contribution in [1.29, 1.82) is 0 Å². The van der Waals surface area contributed by atoms with Gasteiger partial charge in [0.1, 0.15) is 16.4 Å². The number of aromatic nitrogens is 1. The average molecular weight is 410 g/mol. The van der Waals surface area contributed by atoms with Gasteiger partial charge in [-0.15, -0.1) is 11.8 Å². The molecule has 0 atom stereocenters. The minimum Gasteiger partial charge on any atom is -0.488 e. The van der Waals surface area contributed by atoms with Crippen LogP contribution in [0.4, 0.5) is 0 Å². The molecule has 4 heteroatoms. The van der Waals surface area contributed by atoms with E-state index in [1.54, 1.807) is 17.8 Å². The van der Waals surface area contributed by atoms with E-state index in [0.29, 0.717) is 0 Å². The average Bonchev–Trinajstić information content (AvgIpc) is 2.67. The lowest BCUT2D eigenvalue weighted by molar-refractivity contribution is 0.104. The highest BCUT2D eigenvalue weighted by molar-refractivity contribution is 7.98. The molecule has 0 saturated heterocycles. The number of ketones is 1. The monoisotopic (exact) mass is 409 g/mol. The smallest absolute Gasteiger partial charge is 0.188 e. The van der Waals surface area contributed by atoms with E-state index in [1.165, 1.54) is 24.1 Å². The summed E-state index contributed by atoms with van der Waals surface area (Å²) in [6.07, 6.45) is 9.96. The number of hydrogen-bond acceptors (Lipinski definition) is 4. The SMILES string of the molecule is CSc1nc2c(cc1C(=O)/C=C/c1cc(C)c(OC(C)(C)C)c(C)c1)CCCC2. The van der Waals surface area contributed by atoms with Gasteiger partial charge in [-0.05, 0) is 113 Å². The van der Waals surface area contributed by atoms with E-state index in [1.807, 2.05) is 47.0 Å². The summed E-state index contributed by atoms with van der Waals surface area (Å²) < 4.78 is 6.09. The number of fused-ring (bicyclic) bond motifs is 1. The second-order valence-corrected chi connectivity index (χ2v) is 9.55. The van der Waals surface area contributed by atoms with Crippen LogP contribution in [0.2, 0.25) is 0 Å². The van der Waals surface area contributed by atoms with Gasteiger partial charge >= 0.3 is 0 Å². The minimum absolute atomic E-state index is 0.0144. The number of pyridine rings is 1. The number of nitrogens with zero attached hydrogens (tertiary/aromatic N) is 1. The topological polar surface area (TPSA) is 39.2 Å². The molecule has 154 valence electrons. The number of benzene rings is 1. The second-order valence-electron chi connectivity index (χ2n) is 8.75. The maximum Gasteiger partial charge on any atom is 0.188 e. The molecule has 0 spiro atoms. The van der Waals surface area contributed by atoms with Crippen LogP contribution >= 0.6 is 11.8 Å². The van der Waals surface area contributed by atoms with Crippen molar-refractivity contribution in [2.75, 3.05) is 6.26 Å². The maximum absolute atomic E-state index is 12.9. The first kappa shape index (κ1) is 21.6. The fourth-order valence-corrected chi connectivity index (χ4v) is 4.34. The summed E-state index contributed by atoms with van der Waals surface area (Å²) in [6, 6.07) is 6.20. The van der Waals surface area contributed by atoms with Gasteiger partial charge in [0, 0.05) is 5.69 Å². The van der Waals surface area contributed by atoms with E-state index in [9.17, 15) is 4.79 Å². The number of carbonyl (C=O) groups excluding carboxylic acids is 1. The molecule has 0 fully saturated rings. The number of allylic oxidation sites excluding steroid dienone is 1. The molecule has 0 unspecified atom stereocenters. The largest absolute Gasteiger partial charge is 0.488 e. The Balaban J connectivity index is 1.86. The molecule has 1 aromatic heterocycles. The van der Waals surface area contributed by atoms with Gasteiger partial charge in [0.15, 0.2) is 5.78 Å². The molecule has 0 amide bonds. The Morgan fingerprint density at radius 1 is 1.10 bits per heavy atom. The molecule has 29 heavy (non-hydrogen) atoms. The van der Waals surface area contributed by atoms with E-state index in [0.717, 1.165) is 45.9 Å². The van der Waals surface area contributed by atoms with Gasteiger partial charge in [-0.3, -0.25) is 4.79 Å². The van der Waals surface area contributed by atoms with Gasteiger partial charge in [0.2, 0.25) is 0 Å². The van der Waals surface area contributed by atoms with Gasteiger partial charge in [-0.2, -0.15) is 0 Å². The van der Waals surface area contributed by atoms with Crippen LogP contribution in [-0.2, 0) is 12.8 Å². The zero-order valence-corrected chi connectivity index (χ0v) is 19.2. The molecular weight excluding hydrogens is 378 g/mol. The molecule has 1 aromatic carbocycles. The van der Waals surface area contributed by atoms with E-state index in [4.69, 9.17) is 9.72 Å². The molecule has 0 saturated carbocycles. The quantitative estimate of drug-likeness (QED) is 0.327. The Kier molecular flexibility index (Phi) is 6.52. The lowest BCUT2D eigenvalue weighted by Gasteiger charge is -2.24. The fourth-order valence-electron chi connectivity index (χ4n) is 3.76. The van der Waals surface area contributed by atoms with Crippen LogP contribution in [0.1, 0.15) is 71.9 Å². The summed E-state index contributed by atoms with van der Waals surface area (Å²) in [6.45, 7) is 10.2. The van der Waals surface area contributed by atoms with Crippen molar-refractivity contribution >= 4 is 23.6 Å². The number of aryl methyl sites for hydroxylation is 4. The van der Waals surface area contributed by atoms with Crippen molar-refractivity contribution in [3.63, 3.8) is 0 Å². The number of thioether (sulfide) groups is 1. The first-order valence-corrected chi connectivity index (χ1v) is 11.5. The predicted molar refractivity (Wildman–Crippen MR) is 122 cm³/mol. The van der Waals surface area contributed by atoms with Crippen molar-refractivity contribution in [2.45, 2.75) is 70.9 Å². The molecule has 1 aliphatic carbocycles. The van der Waals surface area contributed by atoms with Crippen LogP contribution in [0.25, 0.3) is 6.08 Å². The van der Waals surface area contributed by atoms with Crippen LogP contribution in [0.5, 0.6) is 5.75 Å². The van der Waals surface area contributed by atoms with Crippen LogP contribution in [0.3, 0.4) is 0 Å². The van der Waals surface area contributed by atoms with Crippen molar-refractivity contribution in [3.8, 4) is 5.75 Å². The molecule has 2 aromatic rings. The Hall–Kier alpha value is -2.07. The summed E-state index contributed by atoms with van der Waals surface area (Å²) in [5.41, 5.74) is 6.04. The highest BCUT2D eigenvalue weighted by Crippen LogP contribution is 2.30. The Labute approximate surface area is 179 Å². The molecular formula is C25H31NO2S. The molecule has 0 bridgehead atoms. The lowest BCUT2D eigenvalue weighted by atomic mass is 9.94. The van der Waals surface area contributed by atoms with Crippen molar-refractivity contribution in [3.05, 3.63) is 57.8 Å². The third kappa shape index (κ3) is 5.30. The van der Waals surface area contributed by atoms with Crippen LogP contribution in [0.15, 0.2) is 29.3 Å². The number of rotatable bonds is 5. The first-order chi connectivity index (χ1) is 13.7. The Morgan fingerprint density at radius 3 is 2.38 bits per heavy atom. The van der Waals surface area contributed by atoms with Crippen LogP contribution < -0.4 is 4.74 Å². The zero-order chi connectivity index (χ0) is 21.2. The molecule has 3 rings (SSSR count). The van der Waals surface area contributed by atoms with Gasteiger partial charge in [0.25, 0.3) is 0 Å². The first-order valence-electron chi connectivity index (χ1n) is 10.3. The Morgan fingerprint density at radius 2 is 1.76 bits per heavy atom. The van der Waals surface area contributed by atoms with Crippen molar-refractivity contribution in [2.24, 2.45) is 0 Å². The molecule has 3 nitrogen and oxygen atoms in total. The summed E-state index contributed by atoms with van der Waals surface area (Å²) in [5.74, 6) is 0.935. The van der Waals surface area contributed by atoms with Crippen molar-refractivity contribution in [1.82, 2.24) is 4.98 Å². The third-order valence-corrected chi connectivity index (χ3v) is 5.74. The van der Waals surface area contributed by atoms with E-state index >= 15 is 0 Å². The fraction of sp³-hybridized carbons (Fsp3) is 0.440. The van der Waals surface area contributed by atoms with Gasteiger partial charge in [0.05, 0.1) is 5.56 Å². The van der Waals surface area contributed by atoms with E-state index in [2.05, 4.69) is 18.2 Å². The number of carbonyl (C=O) groups is 1. The highest BCUT2D eigenvalue weighted by Gasteiger charge is 2.18. The standard InChI is InChI=1S/C25H31NO2S/c1-16-13-18(14-17(2)23(16)28-25(3,4)5)11-12-22(27)20-15-19-9-7-8-10-21(19)26-24(20)29-6/h11-15H,7-10H2,1-6H3/b12-11+. The zero-order valence-electron chi connectivity index (χ0n) is 18.4. The normalized spacial score (nSPS) is 14.1. The van der Waals surface area contributed by atoms with Crippen molar-refractivity contribution < 1.29 is 9.53 Å². The molecule has 1 aliphatic rings. The third-order valence-electron chi connectivity index (χ3n) is 5.04. The van der Waals surface area contributed by atoms with Gasteiger partial charge < -0.3 is 4.74 Å². The van der Waals surface area contributed by atoms with Gasteiger partial charge in [-0.1, -0.05) is 6.08 Å². The highest BCUT2D eigenvalue weighted by atomic mass is 32.2. The summed E-state index contributed by atoms with van der Waals surface area (Å²) in [4.78, 5) is 17.7. The summed E-state index contributed by atoms with van der Waals surface area (Å²) in [7, 11) is 0. The number of hydrogen-bond donors (Lipinski definition) is 0.